The van der Waals surface area contributed by atoms with Gasteiger partial charge in [-0.1, -0.05) is 12.1 Å². The average molecular weight is 346 g/mol. The maximum absolute atomic E-state index is 12.3. The van der Waals surface area contributed by atoms with Crippen molar-refractivity contribution >= 4 is 23.2 Å². The second-order valence-corrected chi connectivity index (χ2v) is 5.26. The lowest BCUT2D eigenvalue weighted by molar-refractivity contribution is -0.383. The number of carbonyl (C=O) groups is 1. The highest BCUT2D eigenvalue weighted by molar-refractivity contribution is 5.97. The number of benzene rings is 1. The number of hydrazine groups is 1. The minimum Gasteiger partial charge on any atom is -0.496 e. The van der Waals surface area contributed by atoms with Gasteiger partial charge < -0.3 is 10.1 Å². The Kier molecular flexibility index (Phi) is 5.66. The van der Waals surface area contributed by atoms with Crippen molar-refractivity contribution in [2.24, 2.45) is 0 Å². The van der Waals surface area contributed by atoms with Crippen molar-refractivity contribution in [1.82, 2.24) is 15.4 Å². The van der Waals surface area contributed by atoms with Crippen LogP contribution in [-0.2, 0) is 0 Å². The molecule has 0 atom stereocenters. The number of rotatable bonds is 7. The molecule has 0 fully saturated rings. The summed E-state index contributed by atoms with van der Waals surface area (Å²) in [7, 11) is 1.44. The van der Waals surface area contributed by atoms with E-state index in [9.17, 15) is 14.9 Å². The van der Waals surface area contributed by atoms with Gasteiger partial charge in [-0.25, -0.2) is 9.97 Å². The lowest BCUT2D eigenvalue weighted by atomic mass is 10.2. The Morgan fingerprint density at radius 2 is 1.92 bits per heavy atom. The van der Waals surface area contributed by atoms with Gasteiger partial charge in [0.05, 0.1) is 17.6 Å². The number of carbonyl (C=O) groups excluding carboxylic acids is 1. The van der Waals surface area contributed by atoms with Crippen LogP contribution in [0.25, 0.3) is 0 Å². The predicted molar refractivity (Wildman–Crippen MR) is 91.5 cm³/mol. The first-order chi connectivity index (χ1) is 11.9. The quantitative estimate of drug-likeness (QED) is 0.512. The van der Waals surface area contributed by atoms with E-state index in [1.807, 2.05) is 13.8 Å². The maximum atomic E-state index is 12.3. The van der Waals surface area contributed by atoms with Crippen molar-refractivity contribution in [3.05, 3.63) is 46.3 Å². The van der Waals surface area contributed by atoms with Crippen LogP contribution in [0.3, 0.4) is 0 Å². The highest BCUT2D eigenvalue weighted by Gasteiger charge is 2.24. The zero-order chi connectivity index (χ0) is 18.4. The topological polar surface area (TPSA) is 131 Å². The van der Waals surface area contributed by atoms with Crippen LogP contribution in [-0.4, -0.2) is 34.0 Å². The molecule has 0 bridgehead atoms. The van der Waals surface area contributed by atoms with Gasteiger partial charge in [0.15, 0.2) is 0 Å². The number of nitro groups is 1. The molecule has 1 aromatic heterocycles. The van der Waals surface area contributed by atoms with Crippen LogP contribution < -0.4 is 20.9 Å². The zero-order valence-corrected chi connectivity index (χ0v) is 13.9. The molecule has 0 radical (unpaired) electrons. The van der Waals surface area contributed by atoms with Gasteiger partial charge in [0, 0.05) is 6.04 Å². The smallest absolute Gasteiger partial charge is 0.354 e. The summed E-state index contributed by atoms with van der Waals surface area (Å²) in [5.41, 5.74) is 4.75. The third-order valence-electron chi connectivity index (χ3n) is 3.08. The number of methoxy groups -OCH3 is 1. The first-order valence-electron chi connectivity index (χ1n) is 7.39. The highest BCUT2D eigenvalue weighted by Crippen LogP contribution is 2.28. The fraction of sp³-hybridized carbons (Fsp3) is 0.267. The lowest BCUT2D eigenvalue weighted by Gasteiger charge is -2.13. The van der Waals surface area contributed by atoms with Crippen molar-refractivity contribution in [2.45, 2.75) is 19.9 Å². The van der Waals surface area contributed by atoms with E-state index in [1.54, 1.807) is 24.3 Å². The fourth-order valence-electron chi connectivity index (χ4n) is 2.04. The number of hydrogen-bond acceptors (Lipinski definition) is 8. The van der Waals surface area contributed by atoms with Crippen LogP contribution >= 0.6 is 0 Å². The molecule has 0 saturated carbocycles. The number of aromatic nitrogens is 2. The maximum Gasteiger partial charge on any atom is 0.354 e. The van der Waals surface area contributed by atoms with Crippen LogP contribution in [0.1, 0.15) is 24.2 Å². The van der Waals surface area contributed by atoms with E-state index in [0.717, 1.165) is 6.33 Å². The van der Waals surface area contributed by atoms with Crippen LogP contribution in [0.4, 0.5) is 17.3 Å². The normalized spacial score (nSPS) is 10.2. The Morgan fingerprint density at radius 3 is 2.56 bits per heavy atom. The number of nitrogens with one attached hydrogen (secondary N) is 3. The van der Waals surface area contributed by atoms with Crippen molar-refractivity contribution < 1.29 is 14.5 Å². The van der Waals surface area contributed by atoms with E-state index in [4.69, 9.17) is 4.74 Å². The molecule has 1 aromatic carbocycles. The molecule has 1 heterocycles. The van der Waals surface area contributed by atoms with Crippen molar-refractivity contribution in [2.75, 3.05) is 17.9 Å². The Hall–Kier alpha value is -3.43. The second kappa shape index (κ2) is 7.90. The van der Waals surface area contributed by atoms with Crippen LogP contribution in [0, 0.1) is 10.1 Å². The van der Waals surface area contributed by atoms with E-state index < -0.39 is 10.8 Å². The summed E-state index contributed by atoms with van der Waals surface area (Å²) in [4.78, 5) is 30.7. The van der Waals surface area contributed by atoms with Gasteiger partial charge in [-0.3, -0.25) is 25.8 Å². The van der Waals surface area contributed by atoms with Gasteiger partial charge in [0.1, 0.15) is 12.1 Å². The highest BCUT2D eigenvalue weighted by atomic mass is 16.6. The molecule has 0 spiro atoms. The molecule has 0 unspecified atom stereocenters. The van der Waals surface area contributed by atoms with Crippen LogP contribution in [0.15, 0.2) is 30.6 Å². The monoisotopic (exact) mass is 346 g/mol. The van der Waals surface area contributed by atoms with Crippen molar-refractivity contribution in [1.29, 1.82) is 0 Å². The third-order valence-corrected chi connectivity index (χ3v) is 3.08. The van der Waals surface area contributed by atoms with Gasteiger partial charge in [-0.15, -0.1) is 0 Å². The van der Waals surface area contributed by atoms with Gasteiger partial charge in [-0.05, 0) is 26.0 Å². The number of ether oxygens (including phenoxy) is 1. The molecule has 2 rings (SSSR count). The molecular formula is C15H18N6O4. The van der Waals surface area contributed by atoms with E-state index >= 15 is 0 Å². The Balaban J connectivity index is 2.23. The molecule has 25 heavy (non-hydrogen) atoms. The molecule has 0 saturated heterocycles. The molecular weight excluding hydrogens is 328 g/mol. The second-order valence-electron chi connectivity index (χ2n) is 5.26. The number of hydrogen-bond donors (Lipinski definition) is 3. The average Bonchev–Trinajstić information content (AvgIpc) is 2.58. The first kappa shape index (κ1) is 17.9. The van der Waals surface area contributed by atoms with E-state index in [2.05, 4.69) is 26.1 Å². The molecule has 0 aliphatic carbocycles. The van der Waals surface area contributed by atoms with Gasteiger partial charge >= 0.3 is 5.69 Å². The van der Waals surface area contributed by atoms with E-state index in [0.29, 0.717) is 5.75 Å². The third kappa shape index (κ3) is 4.31. The summed E-state index contributed by atoms with van der Waals surface area (Å²) in [6.45, 7) is 3.64. The SMILES string of the molecule is COc1ccccc1C(=O)NNc1ncnc(NC(C)C)c1[N+](=O)[O-]. The standard InChI is InChI=1S/C15H18N6O4/c1-9(2)18-13-12(21(23)24)14(17-8-16-13)19-20-15(22)10-6-4-5-7-11(10)25-3/h4-9H,1-3H3,(H,20,22)(H2,16,17,18,19). The van der Waals surface area contributed by atoms with Crippen molar-refractivity contribution in [3.63, 3.8) is 0 Å². The summed E-state index contributed by atoms with van der Waals surface area (Å²) in [6.07, 6.45) is 1.16. The van der Waals surface area contributed by atoms with E-state index in [-0.39, 0.29) is 28.9 Å². The molecule has 3 N–H and O–H groups in total. The van der Waals surface area contributed by atoms with Crippen LogP contribution in [0.2, 0.25) is 0 Å². The lowest BCUT2D eigenvalue weighted by Crippen LogP contribution is -2.30. The number of para-hydroxylation sites is 1. The largest absolute Gasteiger partial charge is 0.496 e. The predicted octanol–water partition coefficient (Wildman–Crippen LogP) is 1.97. The van der Waals surface area contributed by atoms with Gasteiger partial charge in [-0.2, -0.15) is 0 Å². The fourth-order valence-corrected chi connectivity index (χ4v) is 2.04. The molecule has 132 valence electrons. The van der Waals surface area contributed by atoms with Crippen LogP contribution in [0.5, 0.6) is 5.75 Å². The van der Waals surface area contributed by atoms with Gasteiger partial charge in [0.25, 0.3) is 5.91 Å². The molecule has 1 amide bonds. The summed E-state index contributed by atoms with van der Waals surface area (Å²) < 4.78 is 5.11. The molecule has 0 aliphatic rings. The summed E-state index contributed by atoms with van der Waals surface area (Å²) >= 11 is 0. The van der Waals surface area contributed by atoms with Crippen molar-refractivity contribution in [3.8, 4) is 5.75 Å². The zero-order valence-electron chi connectivity index (χ0n) is 13.9. The Labute approximate surface area is 143 Å². The molecule has 0 aliphatic heterocycles. The number of anilines is 2. The minimum atomic E-state index is -0.623. The summed E-state index contributed by atoms with van der Waals surface area (Å²) in [5.74, 6) is -0.222. The van der Waals surface area contributed by atoms with Gasteiger partial charge in [0.2, 0.25) is 11.6 Å². The molecule has 2 aromatic rings. The Bertz CT molecular complexity index is 780. The summed E-state index contributed by atoms with van der Waals surface area (Å²) in [6, 6.07) is 6.53. The number of amides is 1. The minimum absolute atomic E-state index is 0.0593. The number of nitrogens with zero attached hydrogens (tertiary/aromatic N) is 3. The molecule has 10 heteroatoms. The Morgan fingerprint density at radius 1 is 1.24 bits per heavy atom. The molecule has 10 nitrogen and oxygen atoms in total. The van der Waals surface area contributed by atoms with E-state index in [1.165, 1.54) is 7.11 Å². The first-order valence-corrected chi connectivity index (χ1v) is 7.39. The summed E-state index contributed by atoms with van der Waals surface area (Å²) in [5, 5.41) is 14.2.